The molecule has 2 fully saturated rings. The molecule has 1 aliphatic carbocycles. The van der Waals surface area contributed by atoms with Crippen molar-refractivity contribution in [3.05, 3.63) is 34.9 Å². The average Bonchev–Trinajstić information content (AvgIpc) is 2.81. The summed E-state index contributed by atoms with van der Waals surface area (Å²) >= 11 is 5.87. The zero-order valence-corrected chi connectivity index (χ0v) is 15.6. The maximum absolute atomic E-state index is 12.6. The van der Waals surface area contributed by atoms with Crippen LogP contribution in [0.4, 0.5) is 4.79 Å². The smallest absolute Gasteiger partial charge is 0.326 e. The zero-order chi connectivity index (χ0) is 18.7. The van der Waals surface area contributed by atoms with Crippen LogP contribution in [0.3, 0.4) is 0 Å². The number of likely N-dealkylation sites (N-methyl/N-ethyl adjacent to an activating group) is 1. The van der Waals surface area contributed by atoms with E-state index in [-0.39, 0.29) is 18.4 Å². The second kappa shape index (κ2) is 7.63. The Bertz CT molecular complexity index is 701. The lowest BCUT2D eigenvalue weighted by atomic mass is 9.82. The first-order valence-corrected chi connectivity index (χ1v) is 9.29. The van der Waals surface area contributed by atoms with Gasteiger partial charge >= 0.3 is 6.03 Å². The normalized spacial score (nSPS) is 20.2. The van der Waals surface area contributed by atoms with Gasteiger partial charge in [0.1, 0.15) is 12.1 Å². The van der Waals surface area contributed by atoms with Gasteiger partial charge in [-0.05, 0) is 25.0 Å². The van der Waals surface area contributed by atoms with Crippen LogP contribution >= 0.6 is 11.6 Å². The SMILES string of the molecule is C[NH+](CC(=O)NN1C(=O)NC2(CCCCC2)C1=O)Cc1ccc(Cl)cc1. The molecule has 1 saturated heterocycles. The summed E-state index contributed by atoms with van der Waals surface area (Å²) in [7, 11) is 1.88. The maximum atomic E-state index is 12.6. The highest BCUT2D eigenvalue weighted by atomic mass is 35.5. The molecule has 140 valence electrons. The first-order valence-electron chi connectivity index (χ1n) is 8.91. The molecule has 1 aromatic rings. The van der Waals surface area contributed by atoms with Crippen LogP contribution in [-0.2, 0) is 16.1 Å². The van der Waals surface area contributed by atoms with Gasteiger partial charge in [0.2, 0.25) is 0 Å². The Morgan fingerprint density at radius 2 is 1.88 bits per heavy atom. The first-order chi connectivity index (χ1) is 12.4. The van der Waals surface area contributed by atoms with Crippen molar-refractivity contribution in [1.29, 1.82) is 0 Å². The molecule has 0 aromatic heterocycles. The Balaban J connectivity index is 1.54. The highest BCUT2D eigenvalue weighted by Crippen LogP contribution is 2.32. The molecule has 26 heavy (non-hydrogen) atoms. The van der Waals surface area contributed by atoms with Crippen LogP contribution in [0.2, 0.25) is 5.02 Å². The van der Waals surface area contributed by atoms with E-state index in [0.29, 0.717) is 24.4 Å². The third-order valence-corrected chi connectivity index (χ3v) is 5.24. The molecule has 1 unspecified atom stereocenters. The van der Waals surface area contributed by atoms with Gasteiger partial charge < -0.3 is 10.2 Å². The van der Waals surface area contributed by atoms with Crippen LogP contribution in [-0.4, -0.2) is 42.0 Å². The third-order valence-electron chi connectivity index (χ3n) is 4.99. The van der Waals surface area contributed by atoms with Crippen LogP contribution < -0.4 is 15.6 Å². The molecule has 3 N–H and O–H groups in total. The summed E-state index contributed by atoms with van der Waals surface area (Å²) in [6, 6.07) is 6.89. The molecule has 1 aliphatic heterocycles. The van der Waals surface area contributed by atoms with Gasteiger partial charge in [-0.1, -0.05) is 43.0 Å². The highest BCUT2D eigenvalue weighted by Gasteiger charge is 2.52. The quantitative estimate of drug-likeness (QED) is 0.656. The molecule has 1 aromatic carbocycles. The lowest BCUT2D eigenvalue weighted by Crippen LogP contribution is -3.09. The number of urea groups is 1. The number of nitrogens with one attached hydrogen (secondary N) is 3. The van der Waals surface area contributed by atoms with E-state index in [1.165, 1.54) is 0 Å². The van der Waals surface area contributed by atoms with Crippen molar-refractivity contribution in [3.8, 4) is 0 Å². The monoisotopic (exact) mass is 379 g/mol. The summed E-state index contributed by atoms with van der Waals surface area (Å²) in [6.07, 6.45) is 4.14. The molecule has 8 heteroatoms. The Morgan fingerprint density at radius 1 is 1.23 bits per heavy atom. The maximum Gasteiger partial charge on any atom is 0.344 e. The molecule has 0 bridgehead atoms. The van der Waals surface area contributed by atoms with Gasteiger partial charge in [0.05, 0.1) is 7.05 Å². The topological polar surface area (TPSA) is 82.9 Å². The number of rotatable bonds is 5. The van der Waals surface area contributed by atoms with Crippen LogP contribution in [0.15, 0.2) is 24.3 Å². The fourth-order valence-corrected chi connectivity index (χ4v) is 3.79. The molecule has 1 saturated carbocycles. The molecule has 1 spiro atoms. The highest BCUT2D eigenvalue weighted by molar-refractivity contribution is 6.30. The summed E-state index contributed by atoms with van der Waals surface area (Å²) in [5, 5.41) is 4.29. The van der Waals surface area contributed by atoms with Crippen LogP contribution in [0, 0.1) is 0 Å². The number of halogens is 1. The predicted molar refractivity (Wildman–Crippen MR) is 96.2 cm³/mol. The second-order valence-corrected chi connectivity index (χ2v) is 7.62. The number of hydrogen-bond donors (Lipinski definition) is 3. The molecule has 0 radical (unpaired) electrons. The average molecular weight is 380 g/mol. The van der Waals surface area contributed by atoms with Gasteiger partial charge in [-0.3, -0.25) is 15.0 Å². The largest absolute Gasteiger partial charge is 0.344 e. The summed E-state index contributed by atoms with van der Waals surface area (Å²) < 4.78 is 0. The minimum atomic E-state index is -0.829. The van der Waals surface area contributed by atoms with E-state index in [0.717, 1.165) is 34.7 Å². The molecule has 2 aliphatic rings. The molecule has 1 heterocycles. The first kappa shape index (κ1) is 18.7. The van der Waals surface area contributed by atoms with E-state index in [9.17, 15) is 14.4 Å². The number of benzene rings is 1. The molecular weight excluding hydrogens is 356 g/mol. The number of quaternary nitrogens is 1. The number of hydrogen-bond acceptors (Lipinski definition) is 3. The summed E-state index contributed by atoms with van der Waals surface area (Å²) in [5.74, 6) is -0.710. The molecule has 1 atom stereocenters. The standard InChI is InChI=1S/C18H23ClN4O3/c1-22(11-13-5-7-14(19)8-6-13)12-15(24)21-23-16(25)18(20-17(23)26)9-3-2-4-10-18/h5-8H,2-4,9-12H2,1H3,(H,20,26)(H,21,24)/p+1. The number of amides is 4. The Labute approximate surface area is 157 Å². The van der Waals surface area contributed by atoms with Gasteiger partial charge in [-0.15, -0.1) is 0 Å². The van der Waals surface area contributed by atoms with E-state index >= 15 is 0 Å². The Hall–Kier alpha value is -2.12. The number of hydrazine groups is 1. The van der Waals surface area contributed by atoms with Crippen molar-refractivity contribution >= 4 is 29.4 Å². The van der Waals surface area contributed by atoms with Crippen molar-refractivity contribution in [2.75, 3.05) is 13.6 Å². The third kappa shape index (κ3) is 3.99. The van der Waals surface area contributed by atoms with E-state index in [4.69, 9.17) is 11.6 Å². The predicted octanol–water partition coefficient (Wildman–Crippen LogP) is 0.641. The summed E-state index contributed by atoms with van der Waals surface area (Å²) in [6.45, 7) is 0.779. The molecular formula is C18H24ClN4O3+. The summed E-state index contributed by atoms with van der Waals surface area (Å²) in [5.41, 5.74) is 2.69. The van der Waals surface area contributed by atoms with Crippen molar-refractivity contribution in [2.24, 2.45) is 0 Å². The van der Waals surface area contributed by atoms with Crippen molar-refractivity contribution in [1.82, 2.24) is 15.8 Å². The minimum absolute atomic E-state index is 0.146. The van der Waals surface area contributed by atoms with Crippen molar-refractivity contribution in [2.45, 2.75) is 44.2 Å². The number of carbonyl (C=O) groups is 3. The molecule has 4 amide bonds. The number of imide groups is 1. The molecule has 3 rings (SSSR count). The van der Waals surface area contributed by atoms with Gasteiger partial charge in [0.15, 0.2) is 6.54 Å². The Morgan fingerprint density at radius 3 is 2.54 bits per heavy atom. The van der Waals surface area contributed by atoms with Crippen LogP contribution in [0.1, 0.15) is 37.7 Å². The van der Waals surface area contributed by atoms with Gasteiger partial charge in [0, 0.05) is 10.6 Å². The van der Waals surface area contributed by atoms with Crippen LogP contribution in [0.25, 0.3) is 0 Å². The number of nitrogens with zero attached hydrogens (tertiary/aromatic N) is 1. The van der Waals surface area contributed by atoms with Crippen LogP contribution in [0.5, 0.6) is 0 Å². The van der Waals surface area contributed by atoms with E-state index in [1.54, 1.807) is 12.1 Å². The molecule has 7 nitrogen and oxygen atoms in total. The van der Waals surface area contributed by atoms with Crippen molar-refractivity contribution < 1.29 is 19.3 Å². The fourth-order valence-electron chi connectivity index (χ4n) is 3.67. The lowest BCUT2D eigenvalue weighted by molar-refractivity contribution is -0.885. The minimum Gasteiger partial charge on any atom is -0.326 e. The van der Waals surface area contributed by atoms with E-state index in [1.807, 2.05) is 19.2 Å². The van der Waals surface area contributed by atoms with Crippen molar-refractivity contribution in [3.63, 3.8) is 0 Å². The van der Waals surface area contributed by atoms with Gasteiger partial charge in [-0.25, -0.2) is 4.79 Å². The second-order valence-electron chi connectivity index (χ2n) is 7.19. The lowest BCUT2D eigenvalue weighted by Gasteiger charge is -2.30. The van der Waals surface area contributed by atoms with Gasteiger partial charge in [0.25, 0.3) is 11.8 Å². The number of carbonyl (C=O) groups excluding carboxylic acids is 3. The fraction of sp³-hybridized carbons (Fsp3) is 0.500. The Kier molecular flexibility index (Phi) is 5.48. The van der Waals surface area contributed by atoms with E-state index < -0.39 is 11.6 Å². The van der Waals surface area contributed by atoms with E-state index in [2.05, 4.69) is 10.7 Å². The summed E-state index contributed by atoms with van der Waals surface area (Å²) in [4.78, 5) is 38.0. The zero-order valence-electron chi connectivity index (χ0n) is 14.8. The van der Waals surface area contributed by atoms with Gasteiger partial charge in [-0.2, -0.15) is 5.01 Å².